The van der Waals surface area contributed by atoms with E-state index in [1.165, 1.54) is 12.0 Å². The number of para-hydroxylation sites is 1. The number of benzene rings is 3. The summed E-state index contributed by atoms with van der Waals surface area (Å²) in [6, 6.07) is 24.2. The van der Waals surface area contributed by atoms with Crippen molar-refractivity contribution in [2.24, 2.45) is 5.92 Å². The quantitative estimate of drug-likeness (QED) is 0.395. The second kappa shape index (κ2) is 10.1. The van der Waals surface area contributed by atoms with Crippen molar-refractivity contribution in [3.05, 3.63) is 89.5 Å². The molecule has 1 amide bonds. The fourth-order valence-electron chi connectivity index (χ4n) is 4.73. The van der Waals surface area contributed by atoms with E-state index < -0.39 is 0 Å². The highest BCUT2D eigenvalue weighted by atomic mass is 16.5. The van der Waals surface area contributed by atoms with E-state index >= 15 is 0 Å². The molecule has 4 aromatic rings. The zero-order chi connectivity index (χ0) is 23.3. The molecule has 34 heavy (non-hydrogen) atoms. The van der Waals surface area contributed by atoms with Crippen molar-refractivity contribution in [3.63, 3.8) is 0 Å². The molecule has 0 aliphatic carbocycles. The van der Waals surface area contributed by atoms with Gasteiger partial charge in [-0.15, -0.1) is 5.10 Å². The number of methoxy groups -OCH3 is 1. The van der Waals surface area contributed by atoms with Crippen molar-refractivity contribution < 1.29 is 9.53 Å². The van der Waals surface area contributed by atoms with Gasteiger partial charge in [-0.05, 0) is 79.1 Å². The van der Waals surface area contributed by atoms with Gasteiger partial charge in [-0.2, -0.15) is 0 Å². The van der Waals surface area contributed by atoms with E-state index in [0.29, 0.717) is 12.5 Å². The Labute approximate surface area is 200 Å². The van der Waals surface area contributed by atoms with Crippen molar-refractivity contribution >= 4 is 16.9 Å². The standard InChI is InChI=1S/C28H30N4O2/c1-34-25-14-10-21(11-15-25)6-7-22-16-18-31(19-17-22)28(33)24-12-8-23(9-13-24)20-32-27-5-3-2-4-26(27)29-30-32/h2-5,8-15,22H,6-7,16-20H2,1H3. The Bertz CT molecular complexity index is 1240. The normalized spacial score (nSPS) is 14.4. The van der Waals surface area contributed by atoms with Crippen molar-refractivity contribution in [2.45, 2.75) is 32.2 Å². The third kappa shape index (κ3) is 4.96. The van der Waals surface area contributed by atoms with Crippen LogP contribution in [0.5, 0.6) is 5.75 Å². The van der Waals surface area contributed by atoms with Gasteiger partial charge in [0.25, 0.3) is 5.91 Å². The fraction of sp³-hybridized carbons (Fsp3) is 0.321. The molecule has 0 unspecified atom stereocenters. The number of ether oxygens (including phenoxy) is 1. The maximum absolute atomic E-state index is 13.0. The number of nitrogens with zero attached hydrogens (tertiary/aromatic N) is 4. The first-order chi connectivity index (χ1) is 16.7. The average molecular weight is 455 g/mol. The predicted octanol–water partition coefficient (Wildman–Crippen LogP) is 4.97. The lowest BCUT2D eigenvalue weighted by Crippen LogP contribution is -2.38. The lowest BCUT2D eigenvalue weighted by atomic mass is 9.90. The van der Waals surface area contributed by atoms with Gasteiger partial charge in [-0.3, -0.25) is 4.79 Å². The number of carbonyl (C=O) groups excluding carboxylic acids is 1. The number of fused-ring (bicyclic) bond motifs is 1. The average Bonchev–Trinajstić information content (AvgIpc) is 3.31. The van der Waals surface area contributed by atoms with Gasteiger partial charge in [-0.25, -0.2) is 4.68 Å². The molecule has 0 N–H and O–H groups in total. The molecule has 0 saturated carbocycles. The highest BCUT2D eigenvalue weighted by Crippen LogP contribution is 2.24. The summed E-state index contributed by atoms with van der Waals surface area (Å²) in [5.41, 5.74) is 5.10. The summed E-state index contributed by atoms with van der Waals surface area (Å²) in [5.74, 6) is 1.70. The number of carbonyl (C=O) groups is 1. The van der Waals surface area contributed by atoms with E-state index in [4.69, 9.17) is 4.74 Å². The SMILES string of the molecule is COc1ccc(CCC2CCN(C(=O)c3ccc(Cn4nnc5ccccc54)cc3)CC2)cc1. The molecule has 6 nitrogen and oxygen atoms in total. The second-order valence-corrected chi connectivity index (χ2v) is 9.06. The zero-order valence-electron chi connectivity index (χ0n) is 19.6. The zero-order valence-corrected chi connectivity index (χ0v) is 19.6. The molecule has 6 heteroatoms. The van der Waals surface area contributed by atoms with E-state index in [2.05, 4.69) is 22.4 Å². The van der Waals surface area contributed by atoms with Crippen LogP contribution in [0.1, 0.15) is 40.7 Å². The molecule has 0 bridgehead atoms. The molecule has 1 saturated heterocycles. The molecular weight excluding hydrogens is 424 g/mol. The highest BCUT2D eigenvalue weighted by molar-refractivity contribution is 5.94. The summed E-state index contributed by atoms with van der Waals surface area (Å²) in [6.45, 7) is 2.30. The van der Waals surface area contributed by atoms with E-state index in [9.17, 15) is 4.79 Å². The Balaban J connectivity index is 1.12. The molecule has 1 aliphatic rings. The van der Waals surface area contributed by atoms with Crippen molar-refractivity contribution in [2.75, 3.05) is 20.2 Å². The van der Waals surface area contributed by atoms with Crippen molar-refractivity contribution in [1.29, 1.82) is 0 Å². The van der Waals surface area contributed by atoms with Crippen LogP contribution in [0, 0.1) is 5.92 Å². The van der Waals surface area contributed by atoms with Gasteiger partial charge in [0, 0.05) is 18.7 Å². The third-order valence-corrected chi connectivity index (χ3v) is 6.86. The largest absolute Gasteiger partial charge is 0.497 e. The van der Waals surface area contributed by atoms with E-state index in [0.717, 1.165) is 60.3 Å². The van der Waals surface area contributed by atoms with E-state index in [1.807, 2.05) is 70.2 Å². The number of rotatable bonds is 7. The van der Waals surface area contributed by atoms with Crippen LogP contribution < -0.4 is 4.74 Å². The van der Waals surface area contributed by atoms with Crippen molar-refractivity contribution in [1.82, 2.24) is 19.9 Å². The van der Waals surface area contributed by atoms with Gasteiger partial charge in [0.15, 0.2) is 0 Å². The van der Waals surface area contributed by atoms with Gasteiger partial charge in [-0.1, -0.05) is 41.6 Å². The monoisotopic (exact) mass is 454 g/mol. The smallest absolute Gasteiger partial charge is 0.253 e. The number of hydrogen-bond donors (Lipinski definition) is 0. The molecule has 0 radical (unpaired) electrons. The fourth-order valence-corrected chi connectivity index (χ4v) is 4.73. The summed E-state index contributed by atoms with van der Waals surface area (Å²) < 4.78 is 7.13. The summed E-state index contributed by atoms with van der Waals surface area (Å²) in [4.78, 5) is 15.0. The number of amides is 1. The highest BCUT2D eigenvalue weighted by Gasteiger charge is 2.23. The van der Waals surface area contributed by atoms with Crippen LogP contribution in [-0.4, -0.2) is 46.0 Å². The topological polar surface area (TPSA) is 60.2 Å². The summed E-state index contributed by atoms with van der Waals surface area (Å²) >= 11 is 0. The van der Waals surface area contributed by atoms with Gasteiger partial charge in [0.1, 0.15) is 11.3 Å². The van der Waals surface area contributed by atoms with Gasteiger partial charge in [0.2, 0.25) is 0 Å². The van der Waals surface area contributed by atoms with E-state index in [-0.39, 0.29) is 5.91 Å². The molecule has 0 atom stereocenters. The van der Waals surface area contributed by atoms with Crippen LogP contribution in [-0.2, 0) is 13.0 Å². The Morgan fingerprint density at radius 3 is 2.38 bits per heavy atom. The third-order valence-electron chi connectivity index (χ3n) is 6.86. The van der Waals surface area contributed by atoms with Crippen molar-refractivity contribution in [3.8, 4) is 5.75 Å². The minimum atomic E-state index is 0.131. The predicted molar refractivity (Wildman–Crippen MR) is 133 cm³/mol. The van der Waals surface area contributed by atoms with Gasteiger partial charge in [0.05, 0.1) is 19.2 Å². The molecule has 3 aromatic carbocycles. The molecule has 2 heterocycles. The van der Waals surface area contributed by atoms with Crippen LogP contribution in [0.3, 0.4) is 0 Å². The summed E-state index contributed by atoms with van der Waals surface area (Å²) in [6.07, 6.45) is 4.38. The number of aryl methyl sites for hydroxylation is 1. The molecular formula is C28H30N4O2. The van der Waals surface area contributed by atoms with Crippen LogP contribution in [0.15, 0.2) is 72.8 Å². The Hall–Kier alpha value is -3.67. The number of likely N-dealkylation sites (tertiary alicyclic amines) is 1. The lowest BCUT2D eigenvalue weighted by Gasteiger charge is -2.32. The maximum Gasteiger partial charge on any atom is 0.253 e. The van der Waals surface area contributed by atoms with Gasteiger partial charge < -0.3 is 9.64 Å². The first-order valence-corrected chi connectivity index (χ1v) is 12.0. The van der Waals surface area contributed by atoms with Crippen LogP contribution in [0.2, 0.25) is 0 Å². The molecule has 1 aromatic heterocycles. The first-order valence-electron chi connectivity index (χ1n) is 12.0. The molecule has 0 spiro atoms. The van der Waals surface area contributed by atoms with Crippen LogP contribution in [0.4, 0.5) is 0 Å². The van der Waals surface area contributed by atoms with Crippen LogP contribution >= 0.6 is 0 Å². The number of aromatic nitrogens is 3. The first kappa shape index (κ1) is 22.1. The maximum atomic E-state index is 13.0. The summed E-state index contributed by atoms with van der Waals surface area (Å²) in [7, 11) is 1.69. The lowest BCUT2D eigenvalue weighted by molar-refractivity contribution is 0.0687. The Morgan fingerprint density at radius 1 is 0.941 bits per heavy atom. The number of hydrogen-bond acceptors (Lipinski definition) is 4. The molecule has 5 rings (SSSR count). The minimum absolute atomic E-state index is 0.131. The molecule has 1 fully saturated rings. The summed E-state index contributed by atoms with van der Waals surface area (Å²) in [5, 5.41) is 8.47. The minimum Gasteiger partial charge on any atom is -0.497 e. The Kier molecular flexibility index (Phi) is 6.56. The van der Waals surface area contributed by atoms with E-state index in [1.54, 1.807) is 7.11 Å². The van der Waals surface area contributed by atoms with Crippen LogP contribution in [0.25, 0.3) is 11.0 Å². The molecule has 174 valence electrons. The number of piperidine rings is 1. The Morgan fingerprint density at radius 2 is 1.65 bits per heavy atom. The van der Waals surface area contributed by atoms with Gasteiger partial charge >= 0.3 is 0 Å². The molecule has 1 aliphatic heterocycles. The second-order valence-electron chi connectivity index (χ2n) is 9.06.